The van der Waals surface area contributed by atoms with Gasteiger partial charge in [0.1, 0.15) is 5.75 Å². The molecule has 80 valence electrons. The molecule has 4 heteroatoms. The number of hydrogen-bond acceptors (Lipinski definition) is 2. The van der Waals surface area contributed by atoms with Crippen LogP contribution in [-0.4, -0.2) is 16.2 Å². The van der Waals surface area contributed by atoms with E-state index in [-0.39, 0.29) is 17.7 Å². The summed E-state index contributed by atoms with van der Waals surface area (Å²) in [6, 6.07) is 4.25. The highest BCUT2D eigenvalue weighted by Gasteiger charge is 2.44. The number of phenolic OH excluding ortho intramolecular Hbond substituents is 1. The molecule has 1 aromatic rings. The molecule has 0 spiro atoms. The van der Waals surface area contributed by atoms with Crippen LogP contribution in [0.5, 0.6) is 5.75 Å². The third-order valence-corrected chi connectivity index (χ3v) is 2.83. The summed E-state index contributed by atoms with van der Waals surface area (Å²) in [6.45, 7) is 0. The number of carbonyl (C=O) groups is 1. The SMILES string of the molecule is O=C(O)C1(F)CCCc2ccc(O)cc21. The Labute approximate surface area is 86.2 Å². The standard InChI is InChI=1S/C11H11FO3/c12-11(10(14)15)5-1-2-7-3-4-8(13)6-9(7)11/h3-4,6,13H,1-2,5H2,(H,14,15). The first-order valence-electron chi connectivity index (χ1n) is 4.79. The maximum absolute atomic E-state index is 14.2. The van der Waals surface area contributed by atoms with Gasteiger partial charge >= 0.3 is 5.97 Å². The molecule has 1 aliphatic carbocycles. The topological polar surface area (TPSA) is 57.5 Å². The molecular weight excluding hydrogens is 199 g/mol. The predicted molar refractivity (Wildman–Crippen MR) is 51.5 cm³/mol. The van der Waals surface area contributed by atoms with Crippen LogP contribution in [0.3, 0.4) is 0 Å². The molecule has 0 aromatic heterocycles. The minimum atomic E-state index is -2.34. The number of carboxylic acid groups (broad SMARTS) is 1. The van der Waals surface area contributed by atoms with Gasteiger partial charge in [-0.3, -0.25) is 0 Å². The normalized spacial score (nSPS) is 24.6. The van der Waals surface area contributed by atoms with Gasteiger partial charge < -0.3 is 10.2 Å². The number of alkyl halides is 1. The van der Waals surface area contributed by atoms with Crippen LogP contribution in [0.4, 0.5) is 4.39 Å². The molecule has 1 aromatic carbocycles. The number of benzene rings is 1. The van der Waals surface area contributed by atoms with Crippen molar-refractivity contribution < 1.29 is 19.4 Å². The average Bonchev–Trinajstić information content (AvgIpc) is 2.19. The average molecular weight is 210 g/mol. The highest BCUT2D eigenvalue weighted by Crippen LogP contribution is 2.40. The third kappa shape index (κ3) is 1.46. The second-order valence-corrected chi connectivity index (χ2v) is 3.80. The Kier molecular flexibility index (Phi) is 2.14. The molecule has 0 heterocycles. The zero-order valence-corrected chi connectivity index (χ0v) is 8.03. The quantitative estimate of drug-likeness (QED) is 0.745. The van der Waals surface area contributed by atoms with E-state index in [1.54, 1.807) is 6.07 Å². The van der Waals surface area contributed by atoms with Crippen molar-refractivity contribution in [3.63, 3.8) is 0 Å². The zero-order valence-electron chi connectivity index (χ0n) is 8.03. The minimum Gasteiger partial charge on any atom is -0.508 e. The zero-order chi connectivity index (χ0) is 11.1. The van der Waals surface area contributed by atoms with Gasteiger partial charge in [-0.25, -0.2) is 9.18 Å². The number of fused-ring (bicyclic) bond motifs is 1. The first-order valence-corrected chi connectivity index (χ1v) is 4.79. The van der Waals surface area contributed by atoms with Crippen LogP contribution in [0.25, 0.3) is 0 Å². The molecule has 0 saturated heterocycles. The van der Waals surface area contributed by atoms with Gasteiger partial charge in [-0.2, -0.15) is 0 Å². The molecule has 1 unspecified atom stereocenters. The smallest absolute Gasteiger partial charge is 0.346 e. The van der Waals surface area contributed by atoms with Crippen LogP contribution >= 0.6 is 0 Å². The molecule has 2 rings (SSSR count). The van der Waals surface area contributed by atoms with E-state index in [0.717, 1.165) is 0 Å². The van der Waals surface area contributed by atoms with Gasteiger partial charge in [0, 0.05) is 5.56 Å². The second-order valence-electron chi connectivity index (χ2n) is 3.80. The highest BCUT2D eigenvalue weighted by molar-refractivity contribution is 5.80. The fraction of sp³-hybridized carbons (Fsp3) is 0.364. The van der Waals surface area contributed by atoms with Crippen molar-refractivity contribution in [3.8, 4) is 5.75 Å². The summed E-state index contributed by atoms with van der Waals surface area (Å²) < 4.78 is 14.2. The number of carboxylic acids is 1. The van der Waals surface area contributed by atoms with Crippen molar-refractivity contribution in [2.24, 2.45) is 0 Å². The van der Waals surface area contributed by atoms with Gasteiger partial charge in [-0.15, -0.1) is 0 Å². The lowest BCUT2D eigenvalue weighted by Crippen LogP contribution is -2.34. The van der Waals surface area contributed by atoms with Gasteiger partial charge in [0.15, 0.2) is 0 Å². The molecule has 1 atom stereocenters. The fourth-order valence-corrected chi connectivity index (χ4v) is 2.03. The van der Waals surface area contributed by atoms with E-state index in [9.17, 15) is 14.3 Å². The molecule has 0 fully saturated rings. The van der Waals surface area contributed by atoms with E-state index in [1.165, 1.54) is 12.1 Å². The number of aromatic hydroxyl groups is 1. The first-order chi connectivity index (χ1) is 7.04. The lowest BCUT2D eigenvalue weighted by atomic mass is 9.80. The van der Waals surface area contributed by atoms with Crippen LogP contribution in [-0.2, 0) is 16.9 Å². The summed E-state index contributed by atoms with van der Waals surface area (Å²) >= 11 is 0. The van der Waals surface area contributed by atoms with Crippen molar-refractivity contribution in [2.45, 2.75) is 24.9 Å². The van der Waals surface area contributed by atoms with Crippen LogP contribution in [0.1, 0.15) is 24.0 Å². The number of halogens is 1. The van der Waals surface area contributed by atoms with Crippen LogP contribution in [0.2, 0.25) is 0 Å². The number of aryl methyl sites for hydroxylation is 1. The van der Waals surface area contributed by atoms with E-state index >= 15 is 0 Å². The largest absolute Gasteiger partial charge is 0.508 e. The molecule has 0 amide bonds. The maximum Gasteiger partial charge on any atom is 0.346 e. The summed E-state index contributed by atoms with van der Waals surface area (Å²) in [7, 11) is 0. The third-order valence-electron chi connectivity index (χ3n) is 2.83. The number of phenols is 1. The lowest BCUT2D eigenvalue weighted by molar-refractivity contribution is -0.152. The van der Waals surface area contributed by atoms with Crippen LogP contribution in [0.15, 0.2) is 18.2 Å². The van der Waals surface area contributed by atoms with Crippen molar-refractivity contribution >= 4 is 5.97 Å². The van der Waals surface area contributed by atoms with E-state index in [0.29, 0.717) is 18.4 Å². The summed E-state index contributed by atoms with van der Waals surface area (Å²) in [5.41, 5.74) is -1.57. The fourth-order valence-electron chi connectivity index (χ4n) is 2.03. The summed E-state index contributed by atoms with van der Waals surface area (Å²) in [5, 5.41) is 18.1. The van der Waals surface area contributed by atoms with Crippen molar-refractivity contribution in [1.82, 2.24) is 0 Å². The van der Waals surface area contributed by atoms with E-state index in [4.69, 9.17) is 5.11 Å². The van der Waals surface area contributed by atoms with Crippen LogP contribution < -0.4 is 0 Å². The molecule has 3 nitrogen and oxygen atoms in total. The van der Waals surface area contributed by atoms with Crippen molar-refractivity contribution in [1.29, 1.82) is 0 Å². The van der Waals surface area contributed by atoms with E-state index in [1.807, 2.05) is 0 Å². The highest BCUT2D eigenvalue weighted by atomic mass is 19.1. The molecular formula is C11H11FO3. The van der Waals surface area contributed by atoms with Gasteiger partial charge in [0.2, 0.25) is 5.67 Å². The van der Waals surface area contributed by atoms with Gasteiger partial charge in [0.25, 0.3) is 0 Å². The van der Waals surface area contributed by atoms with E-state index < -0.39 is 11.6 Å². The lowest BCUT2D eigenvalue weighted by Gasteiger charge is -2.28. The minimum absolute atomic E-state index is 0.0290. The number of aliphatic carboxylic acids is 1. The summed E-state index contributed by atoms with van der Waals surface area (Å²) in [6.07, 6.45) is 1.15. The predicted octanol–water partition coefficient (Wildman–Crippen LogP) is 1.98. The molecule has 15 heavy (non-hydrogen) atoms. The Hall–Kier alpha value is -1.58. The maximum atomic E-state index is 14.2. The summed E-state index contributed by atoms with van der Waals surface area (Å²) in [4.78, 5) is 10.9. The number of hydrogen-bond donors (Lipinski definition) is 2. The van der Waals surface area contributed by atoms with Crippen LogP contribution in [0, 0.1) is 0 Å². The van der Waals surface area contributed by atoms with Gasteiger partial charge in [0.05, 0.1) is 0 Å². The second kappa shape index (κ2) is 3.22. The molecule has 2 N–H and O–H groups in total. The van der Waals surface area contributed by atoms with Crippen molar-refractivity contribution in [2.75, 3.05) is 0 Å². The molecule has 0 saturated carbocycles. The molecule has 0 radical (unpaired) electrons. The molecule has 1 aliphatic rings. The Bertz CT molecular complexity index is 416. The summed E-state index contributed by atoms with van der Waals surface area (Å²) in [5.74, 6) is -1.58. The first kappa shape index (κ1) is 9.96. The Morgan fingerprint density at radius 3 is 2.87 bits per heavy atom. The Morgan fingerprint density at radius 2 is 2.20 bits per heavy atom. The van der Waals surface area contributed by atoms with E-state index in [2.05, 4.69) is 0 Å². The Morgan fingerprint density at radius 1 is 1.47 bits per heavy atom. The van der Waals surface area contributed by atoms with Gasteiger partial charge in [-0.1, -0.05) is 6.07 Å². The van der Waals surface area contributed by atoms with Crippen molar-refractivity contribution in [3.05, 3.63) is 29.3 Å². The molecule has 0 bridgehead atoms. The molecule has 0 aliphatic heterocycles. The van der Waals surface area contributed by atoms with Gasteiger partial charge in [-0.05, 0) is 37.0 Å². The Balaban J connectivity index is 2.59. The number of rotatable bonds is 1. The monoisotopic (exact) mass is 210 g/mol.